The monoisotopic (exact) mass is 453 g/mol. The number of rotatable bonds is 6. The summed E-state index contributed by atoms with van der Waals surface area (Å²) in [6, 6.07) is 21.9. The molecule has 0 saturated carbocycles. The molecule has 1 aromatic heterocycles. The third-order valence-corrected chi connectivity index (χ3v) is 6.32. The highest BCUT2D eigenvalue weighted by molar-refractivity contribution is 6.18. The van der Waals surface area contributed by atoms with Crippen LogP contribution in [0.25, 0.3) is 22.0 Å². The molecule has 4 aromatic rings. The number of amides is 2. The molecule has 2 N–H and O–H groups in total. The number of methoxy groups -OCH3 is 1. The lowest BCUT2D eigenvalue weighted by Crippen LogP contribution is -2.44. The standard InChI is InChI=1S/C28H27N3O3/c1-3-4-16-29-27(32)26-25-24(22-17-19(34-2)14-15-23(22)30-25)20-12-8-9-13-21(20)28(33)31(26)18-10-6-5-7-11-18/h5-15,17,26,30H,3-4,16H2,1-2H3,(H,29,32). The van der Waals surface area contributed by atoms with Gasteiger partial charge in [-0.1, -0.05) is 49.7 Å². The van der Waals surface area contributed by atoms with Gasteiger partial charge in [0.2, 0.25) is 5.91 Å². The summed E-state index contributed by atoms with van der Waals surface area (Å²) in [6.45, 7) is 2.64. The quantitative estimate of drug-likeness (QED) is 0.381. The average Bonchev–Trinajstić information content (AvgIpc) is 3.20. The zero-order valence-corrected chi connectivity index (χ0v) is 19.3. The summed E-state index contributed by atoms with van der Waals surface area (Å²) in [5.41, 5.74) is 4.45. The Balaban J connectivity index is 1.81. The number of hydrogen-bond acceptors (Lipinski definition) is 3. The molecule has 0 bridgehead atoms. The third-order valence-electron chi connectivity index (χ3n) is 6.32. The van der Waals surface area contributed by atoms with Crippen LogP contribution in [0, 0.1) is 0 Å². The van der Waals surface area contributed by atoms with Crippen molar-refractivity contribution >= 4 is 28.4 Å². The molecular formula is C28H27N3O3. The highest BCUT2D eigenvalue weighted by Crippen LogP contribution is 2.44. The van der Waals surface area contributed by atoms with Crippen molar-refractivity contribution in [3.05, 3.63) is 84.1 Å². The Hall–Kier alpha value is -4.06. The van der Waals surface area contributed by atoms with Crippen molar-refractivity contribution in [3.8, 4) is 16.9 Å². The lowest BCUT2D eigenvalue weighted by Gasteiger charge is -2.29. The van der Waals surface area contributed by atoms with Gasteiger partial charge < -0.3 is 15.0 Å². The molecule has 1 unspecified atom stereocenters. The minimum absolute atomic E-state index is 0.210. The minimum atomic E-state index is -0.854. The summed E-state index contributed by atoms with van der Waals surface area (Å²) in [4.78, 5) is 32.8. The second-order valence-corrected chi connectivity index (χ2v) is 8.43. The molecule has 1 aliphatic heterocycles. The van der Waals surface area contributed by atoms with Crippen molar-refractivity contribution in [2.24, 2.45) is 0 Å². The van der Waals surface area contributed by atoms with E-state index in [0.29, 0.717) is 29.2 Å². The van der Waals surface area contributed by atoms with Gasteiger partial charge in [0.15, 0.2) is 6.04 Å². The van der Waals surface area contributed by atoms with Crippen LogP contribution in [0.4, 0.5) is 5.69 Å². The van der Waals surface area contributed by atoms with Gasteiger partial charge in [-0.3, -0.25) is 14.5 Å². The number of fused-ring (bicyclic) bond motifs is 5. The lowest BCUT2D eigenvalue weighted by atomic mass is 9.96. The number of benzene rings is 3. The Morgan fingerprint density at radius 3 is 2.50 bits per heavy atom. The van der Waals surface area contributed by atoms with E-state index >= 15 is 0 Å². The summed E-state index contributed by atoms with van der Waals surface area (Å²) in [7, 11) is 1.63. The summed E-state index contributed by atoms with van der Waals surface area (Å²) in [5.74, 6) is 0.294. The highest BCUT2D eigenvalue weighted by atomic mass is 16.5. The number of anilines is 1. The predicted molar refractivity (Wildman–Crippen MR) is 134 cm³/mol. The summed E-state index contributed by atoms with van der Waals surface area (Å²) in [5, 5.41) is 3.97. The maximum atomic E-state index is 14.0. The molecule has 6 heteroatoms. The van der Waals surface area contributed by atoms with E-state index < -0.39 is 6.04 Å². The molecule has 34 heavy (non-hydrogen) atoms. The maximum absolute atomic E-state index is 14.0. The lowest BCUT2D eigenvalue weighted by molar-refractivity contribution is -0.122. The molecule has 2 heterocycles. The Kier molecular flexibility index (Phi) is 5.80. The van der Waals surface area contributed by atoms with Crippen LogP contribution < -0.4 is 15.0 Å². The van der Waals surface area contributed by atoms with Gasteiger partial charge in [-0.15, -0.1) is 0 Å². The molecule has 5 rings (SSSR count). The molecule has 0 radical (unpaired) electrons. The van der Waals surface area contributed by atoms with Crippen LogP contribution >= 0.6 is 0 Å². The van der Waals surface area contributed by atoms with Gasteiger partial charge in [-0.25, -0.2) is 0 Å². The molecular weight excluding hydrogens is 426 g/mol. The van der Waals surface area contributed by atoms with E-state index in [1.807, 2.05) is 72.8 Å². The first-order chi connectivity index (χ1) is 16.6. The number of ether oxygens (including phenoxy) is 1. The number of nitrogens with one attached hydrogen (secondary N) is 2. The zero-order valence-electron chi connectivity index (χ0n) is 19.3. The first-order valence-electron chi connectivity index (χ1n) is 11.6. The highest BCUT2D eigenvalue weighted by Gasteiger charge is 2.40. The van der Waals surface area contributed by atoms with Crippen LogP contribution in [0.15, 0.2) is 72.8 Å². The van der Waals surface area contributed by atoms with E-state index in [4.69, 9.17) is 4.74 Å². The molecule has 0 aliphatic carbocycles. The Labute approximate surface area is 198 Å². The number of hydrogen-bond donors (Lipinski definition) is 2. The maximum Gasteiger partial charge on any atom is 0.259 e. The number of aromatic amines is 1. The van der Waals surface area contributed by atoms with Gasteiger partial charge in [0.05, 0.1) is 12.8 Å². The molecule has 172 valence electrons. The van der Waals surface area contributed by atoms with E-state index in [0.717, 1.165) is 34.9 Å². The molecule has 3 aromatic carbocycles. The fourth-order valence-electron chi connectivity index (χ4n) is 4.67. The van der Waals surface area contributed by atoms with Crippen molar-refractivity contribution in [1.82, 2.24) is 10.3 Å². The van der Waals surface area contributed by atoms with Gasteiger partial charge in [0, 0.05) is 34.3 Å². The summed E-state index contributed by atoms with van der Waals surface area (Å²) >= 11 is 0. The second kappa shape index (κ2) is 9.06. The number of aromatic nitrogens is 1. The molecule has 0 fully saturated rings. The van der Waals surface area contributed by atoms with Crippen molar-refractivity contribution in [3.63, 3.8) is 0 Å². The average molecular weight is 454 g/mol. The van der Waals surface area contributed by atoms with Gasteiger partial charge in [-0.05, 0) is 48.4 Å². The first kappa shape index (κ1) is 21.8. The first-order valence-corrected chi connectivity index (χ1v) is 11.6. The number of H-pyrrole nitrogens is 1. The molecule has 1 atom stereocenters. The number of para-hydroxylation sites is 1. The fraction of sp³-hybridized carbons (Fsp3) is 0.214. The summed E-state index contributed by atoms with van der Waals surface area (Å²) in [6.07, 6.45) is 1.84. The smallest absolute Gasteiger partial charge is 0.259 e. The number of nitrogens with zero attached hydrogens (tertiary/aromatic N) is 1. The molecule has 6 nitrogen and oxygen atoms in total. The van der Waals surface area contributed by atoms with Gasteiger partial charge in [0.1, 0.15) is 5.75 Å². The number of carbonyl (C=O) groups is 2. The van der Waals surface area contributed by atoms with Crippen LogP contribution in [-0.2, 0) is 4.79 Å². The Morgan fingerprint density at radius 2 is 1.76 bits per heavy atom. The Morgan fingerprint density at radius 1 is 1.03 bits per heavy atom. The van der Waals surface area contributed by atoms with E-state index in [1.54, 1.807) is 12.0 Å². The van der Waals surface area contributed by atoms with E-state index in [9.17, 15) is 9.59 Å². The largest absolute Gasteiger partial charge is 0.497 e. The normalized spacial score (nSPS) is 14.9. The molecule has 2 amide bonds. The molecule has 0 saturated heterocycles. The Bertz CT molecular complexity index is 1360. The van der Waals surface area contributed by atoms with Crippen LogP contribution in [0.5, 0.6) is 5.75 Å². The summed E-state index contributed by atoms with van der Waals surface area (Å²) < 4.78 is 5.48. The van der Waals surface area contributed by atoms with Crippen LogP contribution in [-0.4, -0.2) is 30.5 Å². The van der Waals surface area contributed by atoms with E-state index in [2.05, 4.69) is 17.2 Å². The minimum Gasteiger partial charge on any atom is -0.497 e. The number of unbranched alkanes of at least 4 members (excludes halogenated alkanes) is 1. The van der Waals surface area contributed by atoms with Crippen LogP contribution in [0.3, 0.4) is 0 Å². The second-order valence-electron chi connectivity index (χ2n) is 8.43. The molecule has 1 aliphatic rings. The van der Waals surface area contributed by atoms with Gasteiger partial charge in [-0.2, -0.15) is 0 Å². The van der Waals surface area contributed by atoms with Crippen LogP contribution in [0.2, 0.25) is 0 Å². The third kappa shape index (κ3) is 3.61. The fourth-order valence-corrected chi connectivity index (χ4v) is 4.67. The topological polar surface area (TPSA) is 74.4 Å². The van der Waals surface area contributed by atoms with Crippen molar-refractivity contribution in [1.29, 1.82) is 0 Å². The number of carbonyl (C=O) groups excluding carboxylic acids is 2. The zero-order chi connectivity index (χ0) is 23.7. The van der Waals surface area contributed by atoms with E-state index in [1.165, 1.54) is 0 Å². The molecule has 0 spiro atoms. The van der Waals surface area contributed by atoms with Gasteiger partial charge in [0.25, 0.3) is 5.91 Å². The SMILES string of the molecule is CCCCNC(=O)C1c2[nH]c3ccc(OC)cc3c2-c2ccccc2C(=O)N1c1ccccc1. The van der Waals surface area contributed by atoms with Crippen molar-refractivity contribution < 1.29 is 14.3 Å². The van der Waals surface area contributed by atoms with Gasteiger partial charge >= 0.3 is 0 Å². The van der Waals surface area contributed by atoms with Crippen LogP contribution in [0.1, 0.15) is 41.9 Å². The van der Waals surface area contributed by atoms with E-state index in [-0.39, 0.29) is 11.8 Å². The van der Waals surface area contributed by atoms with Crippen molar-refractivity contribution in [2.45, 2.75) is 25.8 Å². The predicted octanol–water partition coefficient (Wildman–Crippen LogP) is 5.46. The van der Waals surface area contributed by atoms with Crippen molar-refractivity contribution in [2.75, 3.05) is 18.6 Å².